The van der Waals surface area contributed by atoms with Crippen molar-refractivity contribution < 1.29 is 19.1 Å². The maximum atomic E-state index is 12.3. The summed E-state index contributed by atoms with van der Waals surface area (Å²) < 4.78 is 13.7. The number of benzene rings is 2. The number of amides is 2. The fourth-order valence-electron chi connectivity index (χ4n) is 3.34. The maximum Gasteiger partial charge on any atom is 0.262 e. The Bertz CT molecular complexity index is 1150. The van der Waals surface area contributed by atoms with Gasteiger partial charge < -0.3 is 14.8 Å². The normalized spacial score (nSPS) is 15.1. The first kappa shape index (κ1) is 20.9. The number of hydrogen-bond acceptors (Lipinski definition) is 6. The summed E-state index contributed by atoms with van der Waals surface area (Å²) in [5.41, 5.74) is 2.53. The van der Waals surface area contributed by atoms with Crippen LogP contribution in [0.15, 0.2) is 47.2 Å². The predicted octanol–water partition coefficient (Wildman–Crippen LogP) is 3.31. The highest BCUT2D eigenvalue weighted by Gasteiger charge is 2.28. The number of carbonyl (C=O) groups is 2. The van der Waals surface area contributed by atoms with Crippen LogP contribution in [0.2, 0.25) is 0 Å². The Labute approximate surface area is 186 Å². The van der Waals surface area contributed by atoms with Gasteiger partial charge in [-0.15, -0.1) is 0 Å². The number of nitrogens with one attached hydrogen (secondary N) is 2. The standard InChI is InChI=1S/C21H20BrN5O4/c1-12-7-14(4-5-15(12)22)25-20(29)10-31-17-6-3-13(8-18(17)30-2)16-9-19(28)26-21-23-11-24-27(16)21/h3-8,11,16H,9-10H2,1-2H3,(H,25,29)(H,23,24,26,28)/t16-/m1/s1. The zero-order valence-electron chi connectivity index (χ0n) is 16.9. The van der Waals surface area contributed by atoms with Gasteiger partial charge >= 0.3 is 0 Å². The molecule has 1 atom stereocenters. The molecule has 4 rings (SSSR count). The van der Waals surface area contributed by atoms with Crippen LogP contribution in [0.3, 0.4) is 0 Å². The molecule has 31 heavy (non-hydrogen) atoms. The van der Waals surface area contributed by atoms with Gasteiger partial charge in [-0.3, -0.25) is 14.9 Å². The van der Waals surface area contributed by atoms with Crippen LogP contribution in [0.4, 0.5) is 11.6 Å². The van der Waals surface area contributed by atoms with Crippen LogP contribution in [0.1, 0.15) is 23.6 Å². The molecule has 1 aliphatic rings. The topological polar surface area (TPSA) is 107 Å². The first-order valence-electron chi connectivity index (χ1n) is 9.50. The summed E-state index contributed by atoms with van der Waals surface area (Å²) >= 11 is 3.43. The molecule has 0 unspecified atom stereocenters. The monoisotopic (exact) mass is 485 g/mol. The fourth-order valence-corrected chi connectivity index (χ4v) is 3.58. The maximum absolute atomic E-state index is 12.3. The Morgan fingerprint density at radius 3 is 2.90 bits per heavy atom. The number of fused-ring (bicyclic) bond motifs is 1. The Morgan fingerprint density at radius 1 is 1.29 bits per heavy atom. The van der Waals surface area contributed by atoms with Gasteiger partial charge in [0.15, 0.2) is 18.1 Å². The van der Waals surface area contributed by atoms with Crippen molar-refractivity contribution >= 4 is 39.4 Å². The van der Waals surface area contributed by atoms with E-state index in [-0.39, 0.29) is 30.9 Å². The third-order valence-corrected chi connectivity index (χ3v) is 5.76. The van der Waals surface area contributed by atoms with E-state index in [0.717, 1.165) is 15.6 Å². The van der Waals surface area contributed by atoms with Crippen LogP contribution in [0.25, 0.3) is 0 Å². The number of aromatic nitrogens is 3. The van der Waals surface area contributed by atoms with Crippen molar-refractivity contribution in [3.05, 3.63) is 58.3 Å². The second-order valence-corrected chi connectivity index (χ2v) is 7.86. The molecule has 160 valence electrons. The number of hydrogen-bond donors (Lipinski definition) is 2. The summed E-state index contributed by atoms with van der Waals surface area (Å²) in [7, 11) is 1.52. The molecule has 0 fully saturated rings. The molecule has 2 heterocycles. The quantitative estimate of drug-likeness (QED) is 0.554. The summed E-state index contributed by atoms with van der Waals surface area (Å²) in [5.74, 6) is 0.860. The largest absolute Gasteiger partial charge is 0.493 e. The number of halogens is 1. The lowest BCUT2D eigenvalue weighted by Gasteiger charge is -2.24. The van der Waals surface area contributed by atoms with Gasteiger partial charge in [0.2, 0.25) is 11.9 Å². The fraction of sp³-hybridized carbons (Fsp3) is 0.238. The molecular weight excluding hydrogens is 466 g/mol. The van der Waals surface area contributed by atoms with E-state index in [2.05, 4.69) is 36.6 Å². The highest BCUT2D eigenvalue weighted by atomic mass is 79.9. The van der Waals surface area contributed by atoms with Crippen molar-refractivity contribution in [2.24, 2.45) is 0 Å². The van der Waals surface area contributed by atoms with Crippen LogP contribution in [-0.2, 0) is 9.59 Å². The van der Waals surface area contributed by atoms with E-state index >= 15 is 0 Å². The summed E-state index contributed by atoms with van der Waals surface area (Å²) in [5, 5.41) is 9.69. The molecule has 0 aliphatic carbocycles. The van der Waals surface area contributed by atoms with E-state index in [1.54, 1.807) is 16.8 Å². The summed E-state index contributed by atoms with van der Waals surface area (Å²) in [6.45, 7) is 1.77. The lowest BCUT2D eigenvalue weighted by atomic mass is 10.0. The molecule has 1 aliphatic heterocycles. The number of rotatable bonds is 6. The van der Waals surface area contributed by atoms with Crippen molar-refractivity contribution in [3.63, 3.8) is 0 Å². The molecule has 0 spiro atoms. The minimum Gasteiger partial charge on any atom is -0.493 e. The minimum absolute atomic E-state index is 0.135. The van der Waals surface area contributed by atoms with Crippen LogP contribution >= 0.6 is 15.9 Å². The third-order valence-electron chi connectivity index (χ3n) is 4.87. The molecule has 3 aromatic rings. The Balaban J connectivity index is 1.46. The van der Waals surface area contributed by atoms with Crippen LogP contribution < -0.4 is 20.1 Å². The second-order valence-electron chi connectivity index (χ2n) is 7.01. The van der Waals surface area contributed by atoms with E-state index in [1.807, 2.05) is 31.2 Å². The predicted molar refractivity (Wildman–Crippen MR) is 117 cm³/mol. The lowest BCUT2D eigenvalue weighted by molar-refractivity contribution is -0.118. The summed E-state index contributed by atoms with van der Waals surface area (Å²) in [4.78, 5) is 28.3. The second kappa shape index (κ2) is 8.76. The number of ether oxygens (including phenoxy) is 2. The average Bonchev–Trinajstić information content (AvgIpc) is 3.22. The van der Waals surface area contributed by atoms with Gasteiger partial charge in [-0.25, -0.2) is 4.68 Å². The van der Waals surface area contributed by atoms with Gasteiger partial charge in [0.1, 0.15) is 6.33 Å². The highest BCUT2D eigenvalue weighted by molar-refractivity contribution is 9.10. The highest BCUT2D eigenvalue weighted by Crippen LogP contribution is 2.35. The van der Waals surface area contributed by atoms with Crippen molar-refractivity contribution in [3.8, 4) is 11.5 Å². The first-order chi connectivity index (χ1) is 14.9. The summed E-state index contributed by atoms with van der Waals surface area (Å²) in [6.07, 6.45) is 1.63. The van der Waals surface area contributed by atoms with Gasteiger partial charge in [0.25, 0.3) is 5.91 Å². The SMILES string of the molecule is COc1cc([C@H]2CC(=O)Nc3ncnn32)ccc1OCC(=O)Nc1ccc(Br)c(C)c1. The van der Waals surface area contributed by atoms with E-state index < -0.39 is 0 Å². The van der Waals surface area contributed by atoms with Crippen molar-refractivity contribution in [2.45, 2.75) is 19.4 Å². The van der Waals surface area contributed by atoms with Crippen LogP contribution in [-0.4, -0.2) is 40.3 Å². The average molecular weight is 486 g/mol. The molecule has 2 N–H and O–H groups in total. The van der Waals surface area contributed by atoms with Crippen molar-refractivity contribution in [1.29, 1.82) is 0 Å². The van der Waals surface area contributed by atoms with Gasteiger partial charge in [0.05, 0.1) is 19.6 Å². The van der Waals surface area contributed by atoms with Gasteiger partial charge in [-0.2, -0.15) is 10.1 Å². The zero-order chi connectivity index (χ0) is 22.0. The van der Waals surface area contributed by atoms with Crippen LogP contribution in [0, 0.1) is 6.92 Å². The number of methoxy groups -OCH3 is 1. The van der Waals surface area contributed by atoms with E-state index in [1.165, 1.54) is 13.4 Å². The van der Waals surface area contributed by atoms with Crippen molar-refractivity contribution in [2.75, 3.05) is 24.4 Å². The lowest BCUT2D eigenvalue weighted by Crippen LogP contribution is -2.29. The van der Waals surface area contributed by atoms with E-state index in [4.69, 9.17) is 9.47 Å². The Hall–Kier alpha value is -3.40. The number of carbonyl (C=O) groups excluding carboxylic acids is 2. The van der Waals surface area contributed by atoms with E-state index in [0.29, 0.717) is 23.1 Å². The molecule has 10 heteroatoms. The molecule has 0 saturated heterocycles. The molecule has 9 nitrogen and oxygen atoms in total. The molecule has 2 aromatic carbocycles. The number of aryl methyl sites for hydroxylation is 1. The molecule has 0 bridgehead atoms. The van der Waals surface area contributed by atoms with Gasteiger partial charge in [-0.1, -0.05) is 22.0 Å². The molecule has 1 aromatic heterocycles. The third kappa shape index (κ3) is 4.53. The summed E-state index contributed by atoms with van der Waals surface area (Å²) in [6, 6.07) is 10.6. The van der Waals surface area contributed by atoms with Gasteiger partial charge in [0, 0.05) is 10.2 Å². The molecule has 0 radical (unpaired) electrons. The molecular formula is C21H20BrN5O4. The number of anilines is 2. The van der Waals surface area contributed by atoms with Gasteiger partial charge in [-0.05, 0) is 48.4 Å². The van der Waals surface area contributed by atoms with E-state index in [9.17, 15) is 9.59 Å². The minimum atomic E-state index is -0.307. The zero-order valence-corrected chi connectivity index (χ0v) is 18.5. The first-order valence-corrected chi connectivity index (χ1v) is 10.3. The van der Waals surface area contributed by atoms with Crippen molar-refractivity contribution in [1.82, 2.24) is 14.8 Å². The molecule has 0 saturated carbocycles. The smallest absolute Gasteiger partial charge is 0.262 e. The van der Waals surface area contributed by atoms with Crippen LogP contribution in [0.5, 0.6) is 11.5 Å². The Morgan fingerprint density at radius 2 is 2.13 bits per heavy atom. The Kier molecular flexibility index (Phi) is 5.90. The number of nitrogens with zero attached hydrogens (tertiary/aromatic N) is 3. The molecule has 2 amide bonds.